The fourth-order valence-corrected chi connectivity index (χ4v) is 2.11. The van der Waals surface area contributed by atoms with Crippen LogP contribution in [-0.4, -0.2) is 14.4 Å². The number of imidazole rings is 1. The molecule has 5 nitrogen and oxygen atoms in total. The van der Waals surface area contributed by atoms with E-state index in [4.69, 9.17) is 5.73 Å². The number of benzene rings is 1. The van der Waals surface area contributed by atoms with Crippen molar-refractivity contribution in [3.63, 3.8) is 0 Å². The Kier molecular flexibility index (Phi) is 2.64. The first kappa shape index (κ1) is 11.0. The van der Waals surface area contributed by atoms with Crippen LogP contribution in [-0.2, 0) is 0 Å². The summed E-state index contributed by atoms with van der Waals surface area (Å²) in [6.45, 7) is 0. The predicted molar refractivity (Wildman–Crippen MR) is 74.8 cm³/mol. The van der Waals surface area contributed by atoms with E-state index in [1.54, 1.807) is 12.4 Å². The van der Waals surface area contributed by atoms with Gasteiger partial charge in [-0.25, -0.2) is 9.97 Å². The average molecular weight is 304 g/mol. The second-order valence-electron chi connectivity index (χ2n) is 3.78. The quantitative estimate of drug-likeness (QED) is 0.764. The molecule has 0 amide bonds. The molecular formula is C12H10BrN5. The smallest absolute Gasteiger partial charge is 0.180 e. The van der Waals surface area contributed by atoms with E-state index in [0.29, 0.717) is 11.6 Å². The molecule has 2 heterocycles. The molecule has 18 heavy (non-hydrogen) atoms. The van der Waals surface area contributed by atoms with Crippen molar-refractivity contribution in [2.75, 3.05) is 11.1 Å². The van der Waals surface area contributed by atoms with Gasteiger partial charge in [0.1, 0.15) is 5.82 Å². The fourth-order valence-electron chi connectivity index (χ4n) is 1.73. The number of rotatable bonds is 2. The SMILES string of the molecule is Nc1cn2ccnc2c(Nc2ccccc2Br)n1. The van der Waals surface area contributed by atoms with Crippen molar-refractivity contribution in [1.29, 1.82) is 0 Å². The van der Waals surface area contributed by atoms with Crippen LogP contribution in [0.2, 0.25) is 0 Å². The highest BCUT2D eigenvalue weighted by Gasteiger charge is 2.07. The second kappa shape index (κ2) is 4.30. The third-order valence-electron chi connectivity index (χ3n) is 2.52. The molecule has 6 heteroatoms. The highest BCUT2D eigenvalue weighted by atomic mass is 79.9. The van der Waals surface area contributed by atoms with E-state index in [1.165, 1.54) is 0 Å². The molecule has 3 rings (SSSR count). The maximum Gasteiger partial charge on any atom is 0.180 e. The maximum absolute atomic E-state index is 5.76. The largest absolute Gasteiger partial charge is 0.382 e. The molecular weight excluding hydrogens is 294 g/mol. The van der Waals surface area contributed by atoms with Crippen molar-refractivity contribution >= 4 is 38.9 Å². The number of anilines is 3. The summed E-state index contributed by atoms with van der Waals surface area (Å²) in [6, 6.07) is 7.81. The summed E-state index contributed by atoms with van der Waals surface area (Å²) >= 11 is 3.48. The average Bonchev–Trinajstić information content (AvgIpc) is 2.80. The van der Waals surface area contributed by atoms with Crippen LogP contribution in [0.25, 0.3) is 5.65 Å². The Balaban J connectivity index is 2.10. The van der Waals surface area contributed by atoms with E-state index in [0.717, 1.165) is 15.8 Å². The lowest BCUT2D eigenvalue weighted by Gasteiger charge is -2.09. The number of nitrogens with two attached hydrogens (primary N) is 1. The van der Waals surface area contributed by atoms with Crippen LogP contribution < -0.4 is 11.1 Å². The Bertz CT molecular complexity index is 707. The topological polar surface area (TPSA) is 68.2 Å². The van der Waals surface area contributed by atoms with Crippen molar-refractivity contribution in [3.05, 3.63) is 47.3 Å². The predicted octanol–water partition coefficient (Wildman–Crippen LogP) is 2.82. The lowest BCUT2D eigenvalue weighted by Crippen LogP contribution is -2.02. The van der Waals surface area contributed by atoms with Gasteiger partial charge in [-0.05, 0) is 28.1 Å². The second-order valence-corrected chi connectivity index (χ2v) is 4.63. The summed E-state index contributed by atoms with van der Waals surface area (Å²) in [5, 5.41) is 3.22. The summed E-state index contributed by atoms with van der Waals surface area (Å²) in [6.07, 6.45) is 5.27. The zero-order valence-corrected chi connectivity index (χ0v) is 10.9. The first-order chi connectivity index (χ1) is 8.74. The standard InChI is InChI=1S/C12H10BrN5/c13-8-3-1-2-4-9(8)16-11-12-15-5-6-18(12)7-10(14)17-11/h1-7H,14H2,(H,16,17). The molecule has 0 atom stereocenters. The molecule has 0 saturated heterocycles. The highest BCUT2D eigenvalue weighted by molar-refractivity contribution is 9.10. The van der Waals surface area contributed by atoms with Gasteiger partial charge in [0.2, 0.25) is 0 Å². The Morgan fingerprint density at radius 2 is 2.11 bits per heavy atom. The molecule has 3 aromatic rings. The molecule has 90 valence electrons. The molecule has 0 aliphatic carbocycles. The molecule has 0 bridgehead atoms. The van der Waals surface area contributed by atoms with Gasteiger partial charge >= 0.3 is 0 Å². The van der Waals surface area contributed by atoms with E-state index in [-0.39, 0.29) is 0 Å². The van der Waals surface area contributed by atoms with Crippen LogP contribution in [0.3, 0.4) is 0 Å². The monoisotopic (exact) mass is 303 g/mol. The third kappa shape index (κ3) is 1.91. The summed E-state index contributed by atoms with van der Waals surface area (Å²) in [7, 11) is 0. The third-order valence-corrected chi connectivity index (χ3v) is 3.21. The molecule has 0 spiro atoms. The summed E-state index contributed by atoms with van der Waals surface area (Å²) < 4.78 is 2.79. The van der Waals surface area contributed by atoms with Crippen molar-refractivity contribution < 1.29 is 0 Å². The number of halogens is 1. The molecule has 3 N–H and O–H groups in total. The molecule has 0 radical (unpaired) electrons. The normalized spacial score (nSPS) is 10.7. The first-order valence-corrected chi connectivity index (χ1v) is 6.14. The summed E-state index contributed by atoms with van der Waals surface area (Å²) in [5.41, 5.74) is 7.42. The van der Waals surface area contributed by atoms with Gasteiger partial charge in [-0.15, -0.1) is 0 Å². The molecule has 0 saturated carbocycles. The van der Waals surface area contributed by atoms with E-state index in [1.807, 2.05) is 34.9 Å². The number of hydrogen-bond acceptors (Lipinski definition) is 4. The highest BCUT2D eigenvalue weighted by Crippen LogP contribution is 2.26. The van der Waals surface area contributed by atoms with Crippen LogP contribution in [0.15, 0.2) is 47.3 Å². The van der Waals surface area contributed by atoms with Crippen LogP contribution in [0.5, 0.6) is 0 Å². The van der Waals surface area contributed by atoms with Crippen LogP contribution in [0.1, 0.15) is 0 Å². The van der Waals surface area contributed by atoms with E-state index in [2.05, 4.69) is 31.2 Å². The van der Waals surface area contributed by atoms with E-state index >= 15 is 0 Å². The first-order valence-electron chi connectivity index (χ1n) is 5.35. The fraction of sp³-hybridized carbons (Fsp3) is 0. The minimum absolute atomic E-state index is 0.440. The number of hydrogen-bond donors (Lipinski definition) is 2. The van der Waals surface area contributed by atoms with Gasteiger partial charge in [-0.2, -0.15) is 0 Å². The molecule has 0 aliphatic rings. The van der Waals surface area contributed by atoms with Gasteiger partial charge in [-0.1, -0.05) is 12.1 Å². The number of fused-ring (bicyclic) bond motifs is 1. The van der Waals surface area contributed by atoms with Gasteiger partial charge in [0, 0.05) is 16.9 Å². The summed E-state index contributed by atoms with van der Waals surface area (Å²) in [4.78, 5) is 8.53. The Morgan fingerprint density at radius 3 is 2.94 bits per heavy atom. The Morgan fingerprint density at radius 1 is 1.28 bits per heavy atom. The molecule has 2 aromatic heterocycles. The van der Waals surface area contributed by atoms with E-state index < -0.39 is 0 Å². The number of nitrogen functional groups attached to an aromatic ring is 1. The lowest BCUT2D eigenvalue weighted by molar-refractivity contribution is 1.14. The molecule has 1 aromatic carbocycles. The Hall–Kier alpha value is -2.08. The summed E-state index contributed by atoms with van der Waals surface area (Å²) in [5.74, 6) is 1.07. The zero-order valence-electron chi connectivity index (χ0n) is 9.34. The molecule has 0 unspecified atom stereocenters. The lowest BCUT2D eigenvalue weighted by atomic mass is 10.3. The number of aromatic nitrogens is 3. The molecule has 0 aliphatic heterocycles. The van der Waals surface area contributed by atoms with Crippen molar-refractivity contribution in [3.8, 4) is 0 Å². The minimum Gasteiger partial charge on any atom is -0.382 e. The van der Waals surface area contributed by atoms with Crippen LogP contribution in [0.4, 0.5) is 17.3 Å². The molecule has 0 fully saturated rings. The van der Waals surface area contributed by atoms with Crippen molar-refractivity contribution in [2.24, 2.45) is 0 Å². The van der Waals surface area contributed by atoms with E-state index in [9.17, 15) is 0 Å². The van der Waals surface area contributed by atoms with Crippen LogP contribution >= 0.6 is 15.9 Å². The van der Waals surface area contributed by atoms with Crippen molar-refractivity contribution in [2.45, 2.75) is 0 Å². The van der Waals surface area contributed by atoms with Crippen molar-refractivity contribution in [1.82, 2.24) is 14.4 Å². The van der Waals surface area contributed by atoms with Gasteiger partial charge in [0.15, 0.2) is 11.5 Å². The minimum atomic E-state index is 0.440. The van der Waals surface area contributed by atoms with Gasteiger partial charge < -0.3 is 15.5 Å². The van der Waals surface area contributed by atoms with Gasteiger partial charge in [0.05, 0.1) is 11.9 Å². The number of para-hydroxylation sites is 1. The number of nitrogens with zero attached hydrogens (tertiary/aromatic N) is 3. The van der Waals surface area contributed by atoms with Gasteiger partial charge in [-0.3, -0.25) is 0 Å². The number of nitrogens with one attached hydrogen (secondary N) is 1. The van der Waals surface area contributed by atoms with Crippen LogP contribution in [0, 0.1) is 0 Å². The Labute approximate surface area is 112 Å². The van der Waals surface area contributed by atoms with Gasteiger partial charge in [0.25, 0.3) is 0 Å². The maximum atomic E-state index is 5.76. The zero-order chi connectivity index (χ0) is 12.5.